The van der Waals surface area contributed by atoms with Crippen LogP contribution in [0.15, 0.2) is 40.9 Å². The van der Waals surface area contributed by atoms with E-state index in [0.717, 1.165) is 111 Å². The van der Waals surface area contributed by atoms with E-state index in [0.29, 0.717) is 48.0 Å². The Bertz CT molecular complexity index is 2750. The Balaban J connectivity index is 0.853. The van der Waals surface area contributed by atoms with E-state index in [1.54, 1.807) is 12.1 Å². The van der Waals surface area contributed by atoms with E-state index < -0.39 is 17.9 Å². The molecule has 61 heavy (non-hydrogen) atoms. The maximum Gasteiger partial charge on any atom is 0.289 e. The van der Waals surface area contributed by atoms with Gasteiger partial charge in [0.15, 0.2) is 5.78 Å². The number of fused-ring (bicyclic) bond motifs is 4. The molecule has 0 spiro atoms. The fourth-order valence-corrected chi connectivity index (χ4v) is 9.01. The number of unbranched alkanes of at least 4 members (excludes halogenated alkanes) is 4. The van der Waals surface area contributed by atoms with E-state index in [1.165, 1.54) is 0 Å². The number of hydrogen-bond donors (Lipinski definition) is 3. The van der Waals surface area contributed by atoms with Gasteiger partial charge in [0.05, 0.1) is 40.4 Å². The first-order valence-corrected chi connectivity index (χ1v) is 21.4. The third kappa shape index (κ3) is 7.50. The number of rotatable bonds is 15. The third-order valence-corrected chi connectivity index (χ3v) is 12.3. The Kier molecular flexibility index (Phi) is 10.6. The number of aromatic nitrogens is 6. The minimum absolute atomic E-state index is 0.0533. The second-order valence-electron chi connectivity index (χ2n) is 16.7. The molecule has 0 radical (unpaired) electrons. The van der Waals surface area contributed by atoms with Crippen molar-refractivity contribution in [2.75, 3.05) is 11.9 Å². The van der Waals surface area contributed by atoms with Gasteiger partial charge in [0.2, 0.25) is 5.82 Å². The number of carbonyl (C=O) groups is 5. The molecule has 15 heteroatoms. The van der Waals surface area contributed by atoms with E-state index in [1.807, 2.05) is 24.6 Å². The maximum atomic E-state index is 13.7. The zero-order valence-electron chi connectivity index (χ0n) is 34.9. The molecular weight excluding hydrogens is 775 g/mol. The van der Waals surface area contributed by atoms with Gasteiger partial charge in [0, 0.05) is 48.0 Å². The minimum atomic E-state index is -0.879. The topological polar surface area (TPSA) is 198 Å². The van der Waals surface area contributed by atoms with Gasteiger partial charge in [-0.1, -0.05) is 36.6 Å². The quantitative estimate of drug-likeness (QED) is 0.0520. The van der Waals surface area contributed by atoms with Crippen LogP contribution in [0.25, 0.3) is 33.1 Å². The van der Waals surface area contributed by atoms with Gasteiger partial charge in [-0.2, -0.15) is 5.10 Å². The molecule has 5 heterocycles. The molecule has 2 saturated carbocycles. The largest absolute Gasteiger partial charge is 0.361 e. The number of carbonyl (C=O) groups excluding carboxylic acids is 5. The number of benzene rings is 2. The number of ketones is 2. The molecular formula is C46H49N9O6. The molecule has 2 aliphatic carbocycles. The summed E-state index contributed by atoms with van der Waals surface area (Å²) in [7, 11) is 0. The van der Waals surface area contributed by atoms with Gasteiger partial charge in [0.25, 0.3) is 17.7 Å². The zero-order chi connectivity index (χ0) is 42.5. The predicted molar refractivity (Wildman–Crippen MR) is 228 cm³/mol. The molecule has 0 saturated heterocycles. The summed E-state index contributed by atoms with van der Waals surface area (Å²) in [6.07, 6.45) is 7.30. The summed E-state index contributed by atoms with van der Waals surface area (Å²) in [4.78, 5) is 78.9. The van der Waals surface area contributed by atoms with Crippen LogP contribution in [0.5, 0.6) is 0 Å². The molecule has 0 bridgehead atoms. The number of amides is 3. The van der Waals surface area contributed by atoms with Crippen LogP contribution in [-0.2, 0) is 22.6 Å². The van der Waals surface area contributed by atoms with Gasteiger partial charge in [-0.05, 0) is 101 Å². The number of hydrogen-bond acceptors (Lipinski definition) is 11. The van der Waals surface area contributed by atoms with Crippen molar-refractivity contribution in [1.82, 2.24) is 40.1 Å². The Morgan fingerprint density at radius 3 is 2.48 bits per heavy atom. The van der Waals surface area contributed by atoms with Crippen molar-refractivity contribution in [3.8, 4) is 11.1 Å². The summed E-state index contributed by atoms with van der Waals surface area (Å²) in [5.41, 5.74) is 7.76. The Morgan fingerprint density at radius 1 is 0.918 bits per heavy atom. The molecule has 1 aliphatic heterocycles. The van der Waals surface area contributed by atoms with Gasteiger partial charge in [0.1, 0.15) is 28.8 Å². The molecule has 3 aliphatic rings. The number of Topliss-reactive ketones (excluding diaryl/α,β-unsaturated/α-hetero) is 2. The van der Waals surface area contributed by atoms with Crippen LogP contribution < -0.4 is 10.6 Å². The van der Waals surface area contributed by atoms with Crippen molar-refractivity contribution in [2.45, 2.75) is 117 Å². The molecule has 9 rings (SSSR count). The summed E-state index contributed by atoms with van der Waals surface area (Å²) in [5.74, 6) is 0.803. The van der Waals surface area contributed by atoms with Crippen molar-refractivity contribution in [3.63, 3.8) is 0 Å². The summed E-state index contributed by atoms with van der Waals surface area (Å²) < 4.78 is 7.43. The molecule has 4 aromatic heterocycles. The summed E-state index contributed by atoms with van der Waals surface area (Å²) in [6, 6.07) is 10.7. The number of imide groups is 1. The van der Waals surface area contributed by atoms with Crippen molar-refractivity contribution in [3.05, 3.63) is 81.6 Å². The summed E-state index contributed by atoms with van der Waals surface area (Å²) >= 11 is 0. The number of nitrogens with one attached hydrogen (secondary N) is 3. The lowest BCUT2D eigenvalue weighted by Crippen LogP contribution is -2.47. The van der Waals surface area contributed by atoms with Crippen molar-refractivity contribution < 1.29 is 28.5 Å². The van der Waals surface area contributed by atoms with Crippen LogP contribution in [0.4, 0.5) is 11.6 Å². The average Bonchev–Trinajstić information content (AvgIpc) is 3.69. The molecule has 2 fully saturated rings. The minimum Gasteiger partial charge on any atom is -0.361 e. The zero-order valence-corrected chi connectivity index (χ0v) is 34.9. The van der Waals surface area contributed by atoms with E-state index in [-0.39, 0.29) is 42.6 Å². The number of aryl methyl sites for hydroxylation is 5. The van der Waals surface area contributed by atoms with E-state index in [4.69, 9.17) is 19.6 Å². The highest BCUT2D eigenvalue weighted by Gasteiger charge is 2.45. The van der Waals surface area contributed by atoms with Crippen molar-refractivity contribution in [2.24, 2.45) is 0 Å². The van der Waals surface area contributed by atoms with E-state index in [2.05, 4.69) is 52.8 Å². The fraction of sp³-hybridized carbons (Fsp3) is 0.413. The van der Waals surface area contributed by atoms with Crippen LogP contribution in [0.1, 0.15) is 137 Å². The molecule has 314 valence electrons. The van der Waals surface area contributed by atoms with E-state index in [9.17, 15) is 24.0 Å². The molecule has 6 aromatic rings. The fourth-order valence-electron chi connectivity index (χ4n) is 9.01. The molecule has 1 unspecified atom stereocenters. The maximum absolute atomic E-state index is 13.7. The van der Waals surface area contributed by atoms with Crippen LogP contribution in [0.3, 0.4) is 0 Å². The van der Waals surface area contributed by atoms with Gasteiger partial charge in [-0.3, -0.25) is 28.9 Å². The number of aromatic amines is 1. The Morgan fingerprint density at radius 2 is 1.72 bits per heavy atom. The number of nitrogens with zero attached hydrogens (tertiary/aromatic N) is 6. The predicted octanol–water partition coefficient (Wildman–Crippen LogP) is 7.74. The average molecular weight is 824 g/mol. The smallest absolute Gasteiger partial charge is 0.289 e. The van der Waals surface area contributed by atoms with Crippen molar-refractivity contribution >= 4 is 62.9 Å². The standard InChI is InChI=1S/C46H49N9O6/c1-5-54-37(23-33(52-54)27-15-16-27)49-42-40-32-20-24(2)31(38-25(3)53-61-26(38)4)22-34(32)48-41(40)50-43(51-42)44(58)47-19-10-8-6-7-9-12-28-13-11-14-30-39(28)46(60)55(45(30)59)35-18-17-29(56)21-36(35)57/h11,13-14,20,22-23,27,35H,5-10,12,15-19,21H2,1-4H3,(H,47,58)(H2,48,49,50,51). The molecule has 2 aromatic carbocycles. The number of H-pyrrole nitrogens is 1. The van der Waals surface area contributed by atoms with Crippen LogP contribution in [-0.4, -0.2) is 76.7 Å². The lowest BCUT2D eigenvalue weighted by atomic mass is 9.92. The first-order chi connectivity index (χ1) is 29.5. The Hall–Kier alpha value is -6.51. The van der Waals surface area contributed by atoms with Crippen LogP contribution in [0.2, 0.25) is 0 Å². The highest BCUT2D eigenvalue weighted by atomic mass is 16.5. The van der Waals surface area contributed by atoms with Gasteiger partial charge < -0.3 is 20.1 Å². The highest BCUT2D eigenvalue weighted by Crippen LogP contribution is 2.42. The second-order valence-corrected chi connectivity index (χ2v) is 16.7. The summed E-state index contributed by atoms with van der Waals surface area (Å²) in [5, 5.41) is 17.3. The molecule has 3 amide bonds. The van der Waals surface area contributed by atoms with Crippen molar-refractivity contribution in [1.29, 1.82) is 0 Å². The lowest BCUT2D eigenvalue weighted by Gasteiger charge is -2.27. The number of anilines is 2. The van der Waals surface area contributed by atoms with E-state index >= 15 is 0 Å². The second kappa shape index (κ2) is 16.2. The first kappa shape index (κ1) is 39.9. The Labute approximate surface area is 352 Å². The molecule has 15 nitrogen and oxygen atoms in total. The first-order valence-electron chi connectivity index (χ1n) is 21.4. The normalized spacial score (nSPS) is 16.7. The lowest BCUT2D eigenvalue weighted by molar-refractivity contribution is -0.132. The monoisotopic (exact) mass is 823 g/mol. The molecule has 1 atom stereocenters. The van der Waals surface area contributed by atoms with Crippen LogP contribution >= 0.6 is 0 Å². The molecule has 3 N–H and O–H groups in total. The third-order valence-electron chi connectivity index (χ3n) is 12.3. The van der Waals surface area contributed by atoms with Gasteiger partial charge >= 0.3 is 0 Å². The van der Waals surface area contributed by atoms with Crippen LogP contribution in [0, 0.1) is 20.8 Å². The summed E-state index contributed by atoms with van der Waals surface area (Å²) in [6.45, 7) is 9.08. The van der Waals surface area contributed by atoms with Gasteiger partial charge in [-0.25, -0.2) is 14.6 Å². The SMILES string of the molecule is CCn1nc(C2CC2)cc1Nc1nc(C(=O)NCCCCCCCc2cccc3c2C(=O)N(C2CCC(=O)CC2=O)C3=O)nc2[nH]c3cc(-c4c(C)noc4C)c(C)cc3c12. The highest BCUT2D eigenvalue weighted by molar-refractivity contribution is 6.24. The van der Waals surface area contributed by atoms with Gasteiger partial charge in [-0.15, -0.1) is 0 Å².